The molecule has 3 aliphatic carbocycles. The second-order valence-corrected chi connectivity index (χ2v) is 16.1. The number of hydrogen-bond acceptors (Lipinski definition) is 9. The van der Waals surface area contributed by atoms with Crippen molar-refractivity contribution in [3.05, 3.63) is 77.4 Å². The number of ether oxygens (including phenoxy) is 1. The van der Waals surface area contributed by atoms with Crippen molar-refractivity contribution in [3.63, 3.8) is 0 Å². The lowest BCUT2D eigenvalue weighted by molar-refractivity contribution is -0.183. The summed E-state index contributed by atoms with van der Waals surface area (Å²) in [5.41, 5.74) is 11.6. The summed E-state index contributed by atoms with van der Waals surface area (Å²) in [6.07, 6.45) is 1.14. The maximum Gasteiger partial charge on any atom is 0.251 e. The Labute approximate surface area is 313 Å². The third-order valence-corrected chi connectivity index (χ3v) is 12.4. The third kappa shape index (κ3) is 7.76. The second kappa shape index (κ2) is 15.7. The van der Waals surface area contributed by atoms with Crippen LogP contribution in [0.1, 0.15) is 62.0 Å². The third-order valence-electron chi connectivity index (χ3n) is 12.4. The van der Waals surface area contributed by atoms with Crippen LogP contribution in [0.5, 0.6) is 5.75 Å². The van der Waals surface area contributed by atoms with Gasteiger partial charge in [0.2, 0.25) is 5.91 Å². The van der Waals surface area contributed by atoms with E-state index in [1.165, 1.54) is 6.42 Å². The first-order valence-electron chi connectivity index (χ1n) is 18.9. The molecule has 11 nitrogen and oxygen atoms in total. The van der Waals surface area contributed by atoms with E-state index in [0.29, 0.717) is 47.7 Å². The number of nitrogens with two attached hydrogens (primary N) is 1. The highest BCUT2D eigenvalue weighted by atomic mass is 16.7. The summed E-state index contributed by atoms with van der Waals surface area (Å²) >= 11 is 0. The van der Waals surface area contributed by atoms with Gasteiger partial charge in [0, 0.05) is 60.7 Å². The van der Waals surface area contributed by atoms with E-state index in [4.69, 9.17) is 15.3 Å². The molecule has 3 saturated carbocycles. The standard InChI is InChI=1S/C42H57N5O6/c1-24-34-20-30(42(34,3)4)21-35(24)45-41(51)38-37(25(2)49)36(23-48)53-47(38)22-27-9-8-10-33(39(27)52-7)28-17-29(19-32(18-28)46(5)6)40(50)44-16-15-26-11-13-31(43)14-12-26/h8-14,17-19,24-25,30,34-38,48-49H,15-16,20-23,43H2,1-7H3,(H,44,50)(H,45,51)/t24-,25-,30-,34-,35-,36-,37+,38-/m0/s1. The van der Waals surface area contributed by atoms with Gasteiger partial charge in [0.15, 0.2) is 0 Å². The summed E-state index contributed by atoms with van der Waals surface area (Å²) in [5, 5.41) is 29.3. The molecule has 1 saturated heterocycles. The number of anilines is 2. The van der Waals surface area contributed by atoms with Crippen LogP contribution in [0, 0.1) is 29.1 Å². The van der Waals surface area contributed by atoms with E-state index in [0.717, 1.165) is 34.4 Å². The van der Waals surface area contributed by atoms with Crippen LogP contribution in [0.3, 0.4) is 0 Å². The fourth-order valence-corrected chi connectivity index (χ4v) is 9.09. The Bertz CT molecular complexity index is 1780. The Kier molecular flexibility index (Phi) is 11.4. The van der Waals surface area contributed by atoms with Crippen LogP contribution < -0.4 is 26.0 Å². The summed E-state index contributed by atoms with van der Waals surface area (Å²) in [5.74, 6) is 0.998. The van der Waals surface area contributed by atoms with Crippen molar-refractivity contribution in [3.8, 4) is 16.9 Å². The van der Waals surface area contributed by atoms with E-state index in [1.807, 2.05) is 79.7 Å². The summed E-state index contributed by atoms with van der Waals surface area (Å²) in [4.78, 5) is 35.9. The Hall–Kier alpha value is -4.16. The van der Waals surface area contributed by atoms with Gasteiger partial charge in [0.05, 0.1) is 26.4 Å². The number of hydrogen-bond donors (Lipinski definition) is 5. The van der Waals surface area contributed by atoms with Crippen LogP contribution in [-0.2, 0) is 22.6 Å². The van der Waals surface area contributed by atoms with E-state index in [9.17, 15) is 19.8 Å². The van der Waals surface area contributed by atoms with Gasteiger partial charge in [-0.2, -0.15) is 5.06 Å². The fraction of sp³-hybridized carbons (Fsp3) is 0.524. The molecule has 1 aliphatic heterocycles. The SMILES string of the molecule is COc1c(CN2O[C@@H](CO)[C@@H]([C@H](C)O)[C@H]2C(=O)N[C@H]2C[C@@H]3C[C@@H]([C@@H]2C)C3(C)C)cccc1-c1cc(C(=O)NCCc2ccc(N)cc2)cc(N(C)C)c1. The van der Waals surface area contributed by atoms with Crippen molar-refractivity contribution < 1.29 is 29.4 Å². The predicted octanol–water partition coefficient (Wildman–Crippen LogP) is 4.64. The summed E-state index contributed by atoms with van der Waals surface area (Å²) < 4.78 is 6.05. The molecule has 1 heterocycles. The van der Waals surface area contributed by atoms with E-state index >= 15 is 0 Å². The first-order chi connectivity index (χ1) is 25.2. The molecule has 4 fully saturated rings. The number of benzene rings is 3. The van der Waals surface area contributed by atoms with Crippen LogP contribution in [-0.4, -0.2) is 85.7 Å². The van der Waals surface area contributed by atoms with Gasteiger partial charge in [-0.15, -0.1) is 0 Å². The van der Waals surface area contributed by atoms with Crippen molar-refractivity contribution in [2.45, 2.75) is 77.8 Å². The smallest absolute Gasteiger partial charge is 0.251 e. The number of rotatable bonds is 13. The van der Waals surface area contributed by atoms with Gasteiger partial charge in [-0.05, 0) is 90.8 Å². The lowest BCUT2D eigenvalue weighted by Crippen LogP contribution is -2.62. The molecule has 0 aromatic heterocycles. The number of nitrogens with zero attached hydrogens (tertiary/aromatic N) is 2. The molecular weight excluding hydrogens is 670 g/mol. The van der Waals surface area contributed by atoms with Gasteiger partial charge in [-0.3, -0.25) is 14.4 Å². The average molecular weight is 728 g/mol. The van der Waals surface area contributed by atoms with E-state index in [1.54, 1.807) is 19.1 Å². The number of hydroxylamine groups is 2. The van der Waals surface area contributed by atoms with Crippen LogP contribution in [0.25, 0.3) is 11.1 Å². The van der Waals surface area contributed by atoms with Crippen LogP contribution in [0.2, 0.25) is 0 Å². The van der Waals surface area contributed by atoms with Crippen molar-refractivity contribution in [2.75, 3.05) is 45.0 Å². The topological polar surface area (TPSA) is 150 Å². The number of amides is 2. The highest BCUT2D eigenvalue weighted by molar-refractivity contribution is 5.97. The molecule has 11 heteroatoms. The highest BCUT2D eigenvalue weighted by Crippen LogP contribution is 2.61. The quantitative estimate of drug-likeness (QED) is 0.159. The minimum Gasteiger partial charge on any atom is -0.496 e. The molecule has 4 aliphatic rings. The van der Waals surface area contributed by atoms with Crippen molar-refractivity contribution in [1.29, 1.82) is 0 Å². The van der Waals surface area contributed by atoms with Gasteiger partial charge >= 0.3 is 0 Å². The molecule has 3 aromatic carbocycles. The fourth-order valence-electron chi connectivity index (χ4n) is 9.09. The number of nitrogens with one attached hydrogen (secondary N) is 2. The number of carbonyl (C=O) groups is 2. The van der Waals surface area contributed by atoms with Gasteiger partial charge in [-0.25, -0.2) is 0 Å². The largest absolute Gasteiger partial charge is 0.496 e. The molecule has 8 atom stereocenters. The molecule has 0 unspecified atom stereocenters. The number of para-hydroxylation sites is 1. The Balaban J connectivity index is 1.25. The number of methoxy groups -OCH3 is 1. The zero-order valence-corrected chi connectivity index (χ0v) is 32.1. The van der Waals surface area contributed by atoms with Gasteiger partial charge < -0.3 is 36.2 Å². The number of aliphatic hydroxyl groups is 2. The highest BCUT2D eigenvalue weighted by Gasteiger charge is 2.57. The van der Waals surface area contributed by atoms with Crippen molar-refractivity contribution in [1.82, 2.24) is 15.7 Å². The predicted molar refractivity (Wildman–Crippen MR) is 207 cm³/mol. The Morgan fingerprint density at radius 2 is 1.85 bits per heavy atom. The van der Waals surface area contributed by atoms with Crippen molar-refractivity contribution >= 4 is 23.2 Å². The normalized spacial score (nSPS) is 26.7. The van der Waals surface area contributed by atoms with Gasteiger partial charge in [0.1, 0.15) is 17.9 Å². The zero-order chi connectivity index (χ0) is 38.2. The summed E-state index contributed by atoms with van der Waals surface area (Å²) in [7, 11) is 5.46. The van der Waals surface area contributed by atoms with Crippen LogP contribution in [0.4, 0.5) is 11.4 Å². The number of carbonyl (C=O) groups excluding carboxylic acids is 2. The molecule has 286 valence electrons. The second-order valence-electron chi connectivity index (χ2n) is 16.1. The lowest BCUT2D eigenvalue weighted by atomic mass is 9.45. The maximum absolute atomic E-state index is 14.2. The molecule has 7 rings (SSSR count). The monoisotopic (exact) mass is 727 g/mol. The average Bonchev–Trinajstić information content (AvgIpc) is 3.51. The lowest BCUT2D eigenvalue weighted by Gasteiger charge is -2.62. The number of aliphatic hydroxyl groups excluding tert-OH is 2. The van der Waals surface area contributed by atoms with E-state index in [2.05, 4.69) is 31.4 Å². The summed E-state index contributed by atoms with van der Waals surface area (Å²) in [6, 6.07) is 18.3. The molecule has 2 amide bonds. The minimum absolute atomic E-state index is 0.0369. The first-order valence-corrected chi connectivity index (χ1v) is 18.9. The van der Waals surface area contributed by atoms with Gasteiger partial charge in [0.25, 0.3) is 5.91 Å². The first kappa shape index (κ1) is 38.6. The molecule has 0 radical (unpaired) electrons. The number of nitrogen functional groups attached to an aromatic ring is 1. The molecular formula is C42H57N5O6. The maximum atomic E-state index is 14.2. The Morgan fingerprint density at radius 3 is 2.47 bits per heavy atom. The molecule has 3 aromatic rings. The van der Waals surface area contributed by atoms with E-state index < -0.39 is 24.2 Å². The Morgan fingerprint density at radius 1 is 1.11 bits per heavy atom. The molecule has 0 spiro atoms. The summed E-state index contributed by atoms with van der Waals surface area (Å²) in [6.45, 7) is 8.84. The minimum atomic E-state index is -0.901. The van der Waals surface area contributed by atoms with Crippen LogP contribution in [0.15, 0.2) is 60.7 Å². The van der Waals surface area contributed by atoms with Crippen LogP contribution >= 0.6 is 0 Å². The molecule has 2 bridgehead atoms. The zero-order valence-electron chi connectivity index (χ0n) is 32.1. The van der Waals surface area contributed by atoms with Gasteiger partial charge in [-0.1, -0.05) is 51.1 Å². The van der Waals surface area contributed by atoms with E-state index in [-0.39, 0.29) is 36.4 Å². The number of fused-ring (bicyclic) bond motifs is 2. The molecule has 53 heavy (non-hydrogen) atoms. The molecule has 6 N–H and O–H groups in total. The van der Waals surface area contributed by atoms with Crippen molar-refractivity contribution in [2.24, 2.45) is 29.1 Å².